The highest BCUT2D eigenvalue weighted by atomic mass is 19.4. The topological polar surface area (TPSA) is 52.8 Å². The van der Waals surface area contributed by atoms with Gasteiger partial charge in [0.2, 0.25) is 0 Å². The first-order chi connectivity index (χ1) is 11.8. The average molecular weight is 348 g/mol. The SMILES string of the molecule is Cc1ncc(-c2cc(OCc3ccnn3C)cc(C(F)(F)F)c2)cn1. The number of halogens is 3. The van der Waals surface area contributed by atoms with Gasteiger partial charge in [-0.15, -0.1) is 0 Å². The Bertz CT molecular complexity index is 872. The van der Waals surface area contributed by atoms with Gasteiger partial charge in [-0.25, -0.2) is 9.97 Å². The van der Waals surface area contributed by atoms with Gasteiger partial charge in [0.15, 0.2) is 0 Å². The predicted molar refractivity (Wildman–Crippen MR) is 84.7 cm³/mol. The van der Waals surface area contributed by atoms with E-state index < -0.39 is 11.7 Å². The van der Waals surface area contributed by atoms with Crippen LogP contribution < -0.4 is 4.74 Å². The van der Waals surface area contributed by atoms with E-state index in [4.69, 9.17) is 4.74 Å². The standard InChI is InChI=1S/C17H15F3N4O/c1-11-21-8-13(9-22-11)12-5-14(17(18,19)20)7-16(6-12)25-10-15-3-4-23-24(15)2/h3-9H,10H2,1-2H3. The zero-order valence-electron chi connectivity index (χ0n) is 13.6. The molecule has 130 valence electrons. The van der Waals surface area contributed by atoms with Crippen molar-refractivity contribution in [2.24, 2.45) is 7.05 Å². The summed E-state index contributed by atoms with van der Waals surface area (Å²) >= 11 is 0. The highest BCUT2D eigenvalue weighted by molar-refractivity contribution is 5.65. The van der Waals surface area contributed by atoms with Gasteiger partial charge in [-0.3, -0.25) is 4.68 Å². The minimum atomic E-state index is -4.48. The average Bonchev–Trinajstić information content (AvgIpc) is 2.97. The van der Waals surface area contributed by atoms with E-state index in [1.165, 1.54) is 12.4 Å². The van der Waals surface area contributed by atoms with Crippen LogP contribution in [-0.2, 0) is 19.8 Å². The number of benzene rings is 1. The van der Waals surface area contributed by atoms with E-state index in [9.17, 15) is 13.2 Å². The minimum Gasteiger partial charge on any atom is -0.487 e. The maximum atomic E-state index is 13.2. The molecule has 1 aromatic carbocycles. The summed E-state index contributed by atoms with van der Waals surface area (Å²) in [4.78, 5) is 8.06. The quantitative estimate of drug-likeness (QED) is 0.720. The van der Waals surface area contributed by atoms with Crippen LogP contribution in [0, 0.1) is 6.92 Å². The number of aromatic nitrogens is 4. The number of alkyl halides is 3. The van der Waals surface area contributed by atoms with Crippen molar-refractivity contribution in [2.45, 2.75) is 19.7 Å². The van der Waals surface area contributed by atoms with E-state index in [1.807, 2.05) is 0 Å². The Morgan fingerprint density at radius 1 is 1.08 bits per heavy atom. The number of aryl methyl sites for hydroxylation is 2. The van der Waals surface area contributed by atoms with E-state index in [0.717, 1.165) is 17.8 Å². The molecule has 8 heteroatoms. The molecule has 0 amide bonds. The lowest BCUT2D eigenvalue weighted by Crippen LogP contribution is -2.07. The maximum Gasteiger partial charge on any atom is 0.416 e. The van der Waals surface area contributed by atoms with Crippen molar-refractivity contribution in [2.75, 3.05) is 0 Å². The van der Waals surface area contributed by atoms with Crippen LogP contribution in [0.25, 0.3) is 11.1 Å². The molecule has 3 rings (SSSR count). The van der Waals surface area contributed by atoms with Crippen LogP contribution in [0.15, 0.2) is 42.9 Å². The van der Waals surface area contributed by atoms with Gasteiger partial charge in [0.05, 0.1) is 11.3 Å². The zero-order valence-corrected chi connectivity index (χ0v) is 13.6. The van der Waals surface area contributed by atoms with Crippen LogP contribution in [0.4, 0.5) is 13.2 Å². The van der Waals surface area contributed by atoms with Crippen molar-refractivity contribution in [3.05, 3.63) is 59.9 Å². The van der Waals surface area contributed by atoms with Gasteiger partial charge in [0, 0.05) is 31.2 Å². The molecule has 0 saturated carbocycles. The van der Waals surface area contributed by atoms with Crippen molar-refractivity contribution in [1.82, 2.24) is 19.7 Å². The summed E-state index contributed by atoms with van der Waals surface area (Å²) in [5, 5.41) is 4.00. The van der Waals surface area contributed by atoms with Crippen molar-refractivity contribution in [1.29, 1.82) is 0 Å². The number of hydrogen-bond donors (Lipinski definition) is 0. The molecule has 0 aliphatic carbocycles. The second-order valence-corrected chi connectivity index (χ2v) is 5.50. The molecule has 3 aromatic rings. The van der Waals surface area contributed by atoms with E-state index in [1.54, 1.807) is 37.0 Å². The summed E-state index contributed by atoms with van der Waals surface area (Å²) in [6.07, 6.45) is 0.0948. The van der Waals surface area contributed by atoms with Crippen molar-refractivity contribution < 1.29 is 17.9 Å². The molecule has 0 N–H and O–H groups in total. The third-order valence-corrected chi connectivity index (χ3v) is 3.66. The summed E-state index contributed by atoms with van der Waals surface area (Å²) in [7, 11) is 1.74. The second-order valence-electron chi connectivity index (χ2n) is 5.50. The third-order valence-electron chi connectivity index (χ3n) is 3.66. The van der Waals surface area contributed by atoms with Crippen LogP contribution in [-0.4, -0.2) is 19.7 Å². The highest BCUT2D eigenvalue weighted by Crippen LogP contribution is 2.35. The molecule has 0 fully saturated rings. The summed E-state index contributed by atoms with van der Waals surface area (Å²) in [6.45, 7) is 1.82. The first-order valence-electron chi connectivity index (χ1n) is 7.44. The monoisotopic (exact) mass is 348 g/mol. The molecular formula is C17H15F3N4O. The maximum absolute atomic E-state index is 13.2. The molecular weight excluding hydrogens is 333 g/mol. The normalized spacial score (nSPS) is 11.6. The second kappa shape index (κ2) is 6.54. The Labute approximate surface area is 142 Å². The molecule has 25 heavy (non-hydrogen) atoms. The molecule has 2 aromatic heterocycles. The van der Waals surface area contributed by atoms with Gasteiger partial charge < -0.3 is 4.74 Å². The Balaban J connectivity index is 1.95. The number of ether oxygens (including phenoxy) is 1. The molecule has 0 spiro atoms. The lowest BCUT2D eigenvalue weighted by atomic mass is 10.0. The smallest absolute Gasteiger partial charge is 0.416 e. The lowest BCUT2D eigenvalue weighted by Gasteiger charge is -2.13. The fourth-order valence-electron chi connectivity index (χ4n) is 2.25. The first-order valence-corrected chi connectivity index (χ1v) is 7.44. The summed E-state index contributed by atoms with van der Waals surface area (Å²) < 4.78 is 46.8. The largest absolute Gasteiger partial charge is 0.487 e. The Kier molecular flexibility index (Phi) is 4.43. The first kappa shape index (κ1) is 16.9. The van der Waals surface area contributed by atoms with E-state index in [2.05, 4.69) is 15.1 Å². The summed E-state index contributed by atoms with van der Waals surface area (Å²) in [6, 6.07) is 5.32. The van der Waals surface area contributed by atoms with Crippen LogP contribution in [0.3, 0.4) is 0 Å². The fraction of sp³-hybridized carbons (Fsp3) is 0.235. The Morgan fingerprint density at radius 2 is 1.80 bits per heavy atom. The van der Waals surface area contributed by atoms with E-state index >= 15 is 0 Å². The highest BCUT2D eigenvalue weighted by Gasteiger charge is 2.31. The Morgan fingerprint density at radius 3 is 2.40 bits per heavy atom. The fourth-order valence-corrected chi connectivity index (χ4v) is 2.25. The number of rotatable bonds is 4. The van der Waals surface area contributed by atoms with Gasteiger partial charge in [0.1, 0.15) is 18.2 Å². The zero-order chi connectivity index (χ0) is 18.0. The minimum absolute atomic E-state index is 0.113. The van der Waals surface area contributed by atoms with Gasteiger partial charge in [0.25, 0.3) is 0 Å². The number of hydrogen-bond acceptors (Lipinski definition) is 4. The molecule has 0 aliphatic heterocycles. The predicted octanol–water partition coefficient (Wildman–Crippen LogP) is 3.78. The molecule has 0 bridgehead atoms. The summed E-state index contributed by atoms with van der Waals surface area (Å²) in [5.41, 5.74) is 0.792. The van der Waals surface area contributed by atoms with Crippen molar-refractivity contribution in [3.63, 3.8) is 0 Å². The van der Waals surface area contributed by atoms with E-state index in [0.29, 0.717) is 17.0 Å². The molecule has 0 aliphatic rings. The molecule has 5 nitrogen and oxygen atoms in total. The van der Waals surface area contributed by atoms with Crippen LogP contribution in [0.1, 0.15) is 17.1 Å². The third kappa shape index (κ3) is 3.96. The van der Waals surface area contributed by atoms with Crippen LogP contribution >= 0.6 is 0 Å². The van der Waals surface area contributed by atoms with Crippen LogP contribution in [0.5, 0.6) is 5.75 Å². The molecule has 0 unspecified atom stereocenters. The van der Waals surface area contributed by atoms with E-state index in [-0.39, 0.29) is 12.4 Å². The summed E-state index contributed by atoms with van der Waals surface area (Å²) in [5.74, 6) is 0.662. The van der Waals surface area contributed by atoms with Crippen molar-refractivity contribution in [3.8, 4) is 16.9 Å². The number of nitrogens with zero attached hydrogens (tertiary/aromatic N) is 4. The molecule has 0 saturated heterocycles. The molecule has 0 atom stereocenters. The van der Waals surface area contributed by atoms with Gasteiger partial charge in [-0.1, -0.05) is 0 Å². The molecule has 0 radical (unpaired) electrons. The van der Waals surface area contributed by atoms with Gasteiger partial charge >= 0.3 is 6.18 Å². The Hall–Kier alpha value is -2.90. The van der Waals surface area contributed by atoms with Crippen molar-refractivity contribution >= 4 is 0 Å². The molecule has 2 heterocycles. The van der Waals surface area contributed by atoms with Crippen LogP contribution in [0.2, 0.25) is 0 Å². The lowest BCUT2D eigenvalue weighted by molar-refractivity contribution is -0.137. The van der Waals surface area contributed by atoms with Gasteiger partial charge in [-0.05, 0) is 36.8 Å². The van der Waals surface area contributed by atoms with Gasteiger partial charge in [-0.2, -0.15) is 18.3 Å².